The van der Waals surface area contributed by atoms with Crippen LogP contribution in [0.15, 0.2) is 54.1 Å². The lowest BCUT2D eigenvalue weighted by atomic mass is 10.1. The summed E-state index contributed by atoms with van der Waals surface area (Å²) in [5.41, 5.74) is 1.15. The molecule has 1 N–H and O–H groups in total. The molecule has 5 heteroatoms. The van der Waals surface area contributed by atoms with Crippen molar-refractivity contribution in [2.45, 2.75) is 6.42 Å². The van der Waals surface area contributed by atoms with Gasteiger partial charge in [-0.2, -0.15) is 5.26 Å². The summed E-state index contributed by atoms with van der Waals surface area (Å²) in [5, 5.41) is 11.7. The minimum atomic E-state index is -1.03. The average Bonchev–Trinajstić information content (AvgIpc) is 2.56. The van der Waals surface area contributed by atoms with Gasteiger partial charge in [-0.15, -0.1) is 0 Å². The van der Waals surface area contributed by atoms with Crippen LogP contribution < -0.4 is 5.32 Å². The van der Waals surface area contributed by atoms with Crippen LogP contribution in [-0.4, -0.2) is 12.5 Å². The maximum atomic E-state index is 13.1. The zero-order valence-electron chi connectivity index (χ0n) is 12.2. The fraction of sp³-hybridized carbons (Fsp3) is 0.111. The standard InChI is InChI=1S/C18H14F2N2O/c19-16-7-6-14(11-17(16)20)10-15(12-21)18(23)22-9-8-13-4-2-1-3-5-13/h1-7,10-11H,8-9H2,(H,22,23)/b15-10+. The van der Waals surface area contributed by atoms with Gasteiger partial charge in [-0.3, -0.25) is 4.79 Å². The second-order valence-corrected chi connectivity index (χ2v) is 4.83. The number of carbonyl (C=O) groups is 1. The average molecular weight is 312 g/mol. The van der Waals surface area contributed by atoms with Gasteiger partial charge in [-0.1, -0.05) is 36.4 Å². The van der Waals surface area contributed by atoms with Crippen LogP contribution in [0.3, 0.4) is 0 Å². The van der Waals surface area contributed by atoms with Gasteiger partial charge in [0.05, 0.1) is 0 Å². The number of rotatable bonds is 5. The third-order valence-electron chi connectivity index (χ3n) is 3.16. The first-order chi connectivity index (χ1) is 11.1. The van der Waals surface area contributed by atoms with Crippen LogP contribution in [0.4, 0.5) is 8.78 Å². The summed E-state index contributed by atoms with van der Waals surface area (Å²) in [7, 11) is 0. The van der Waals surface area contributed by atoms with Crippen LogP contribution >= 0.6 is 0 Å². The molecule has 0 saturated heterocycles. The minimum Gasteiger partial charge on any atom is -0.351 e. The number of nitrogens with one attached hydrogen (secondary N) is 1. The second kappa shape index (κ2) is 7.85. The first-order valence-electron chi connectivity index (χ1n) is 6.99. The van der Waals surface area contributed by atoms with Crippen molar-refractivity contribution in [2.75, 3.05) is 6.54 Å². The van der Waals surface area contributed by atoms with E-state index < -0.39 is 17.5 Å². The molecule has 0 radical (unpaired) electrons. The zero-order chi connectivity index (χ0) is 16.7. The Bertz CT molecular complexity index is 764. The van der Waals surface area contributed by atoms with Crippen LogP contribution in [0.25, 0.3) is 6.08 Å². The molecule has 2 aromatic rings. The molecule has 2 aromatic carbocycles. The summed E-state index contributed by atoms with van der Waals surface area (Å²) in [5.74, 6) is -2.55. The molecule has 116 valence electrons. The molecule has 0 spiro atoms. The minimum absolute atomic E-state index is 0.163. The van der Waals surface area contributed by atoms with Crippen LogP contribution in [0.1, 0.15) is 11.1 Å². The molecular formula is C18H14F2N2O. The van der Waals surface area contributed by atoms with Crippen molar-refractivity contribution in [1.82, 2.24) is 5.32 Å². The highest BCUT2D eigenvalue weighted by Crippen LogP contribution is 2.12. The van der Waals surface area contributed by atoms with Crippen LogP contribution in [0.5, 0.6) is 0 Å². The SMILES string of the molecule is N#C/C(=C\c1ccc(F)c(F)c1)C(=O)NCCc1ccccc1. The summed E-state index contributed by atoms with van der Waals surface area (Å²) < 4.78 is 26.0. The van der Waals surface area contributed by atoms with Gasteiger partial charge in [0, 0.05) is 6.54 Å². The Hall–Kier alpha value is -3.00. The number of carbonyl (C=O) groups excluding carboxylic acids is 1. The zero-order valence-corrected chi connectivity index (χ0v) is 12.2. The van der Waals surface area contributed by atoms with Gasteiger partial charge in [0.2, 0.25) is 0 Å². The van der Waals surface area contributed by atoms with Crippen molar-refractivity contribution >= 4 is 12.0 Å². The van der Waals surface area contributed by atoms with E-state index in [-0.39, 0.29) is 11.1 Å². The normalized spacial score (nSPS) is 10.9. The Morgan fingerprint density at radius 1 is 1.13 bits per heavy atom. The molecule has 0 unspecified atom stereocenters. The third kappa shape index (κ3) is 4.75. The summed E-state index contributed by atoms with van der Waals surface area (Å²) in [4.78, 5) is 12.0. The molecule has 0 fully saturated rings. The quantitative estimate of drug-likeness (QED) is 0.681. The number of halogens is 2. The summed E-state index contributed by atoms with van der Waals surface area (Å²) >= 11 is 0. The van der Waals surface area contributed by atoms with E-state index >= 15 is 0 Å². The molecule has 3 nitrogen and oxygen atoms in total. The van der Waals surface area contributed by atoms with Crippen molar-refractivity contribution in [3.05, 3.63) is 76.9 Å². The molecule has 0 bridgehead atoms. The summed E-state index contributed by atoms with van der Waals surface area (Å²) in [6, 6.07) is 14.5. The third-order valence-corrected chi connectivity index (χ3v) is 3.16. The monoisotopic (exact) mass is 312 g/mol. The van der Waals surface area contributed by atoms with E-state index in [1.807, 2.05) is 30.3 Å². The number of hydrogen-bond donors (Lipinski definition) is 1. The molecule has 0 atom stereocenters. The van der Waals surface area contributed by atoms with E-state index in [1.54, 1.807) is 6.07 Å². The topological polar surface area (TPSA) is 52.9 Å². The van der Waals surface area contributed by atoms with Gasteiger partial charge in [-0.05, 0) is 35.8 Å². The van der Waals surface area contributed by atoms with Crippen LogP contribution in [0, 0.1) is 23.0 Å². The Morgan fingerprint density at radius 2 is 1.87 bits per heavy atom. The van der Waals surface area contributed by atoms with Gasteiger partial charge < -0.3 is 5.32 Å². The van der Waals surface area contributed by atoms with Crippen molar-refractivity contribution in [2.24, 2.45) is 0 Å². The molecule has 0 heterocycles. The van der Waals surface area contributed by atoms with Crippen molar-refractivity contribution < 1.29 is 13.6 Å². The van der Waals surface area contributed by atoms with Gasteiger partial charge in [0.15, 0.2) is 11.6 Å². The lowest BCUT2D eigenvalue weighted by Gasteiger charge is -2.04. The first-order valence-corrected chi connectivity index (χ1v) is 6.99. The Balaban J connectivity index is 1.99. The Kier molecular flexibility index (Phi) is 5.59. The van der Waals surface area contributed by atoms with E-state index in [2.05, 4.69) is 5.32 Å². The number of nitrogens with zero attached hydrogens (tertiary/aromatic N) is 1. The molecular weight excluding hydrogens is 298 g/mol. The predicted molar refractivity (Wildman–Crippen MR) is 83.1 cm³/mol. The van der Waals surface area contributed by atoms with E-state index in [0.717, 1.165) is 17.7 Å². The van der Waals surface area contributed by atoms with Gasteiger partial charge in [0.25, 0.3) is 5.91 Å². The first kappa shape index (κ1) is 16.4. The van der Waals surface area contributed by atoms with Crippen LogP contribution in [-0.2, 0) is 11.2 Å². The molecule has 2 rings (SSSR count). The summed E-state index contributed by atoms with van der Waals surface area (Å²) in [6.07, 6.45) is 1.86. The Morgan fingerprint density at radius 3 is 2.52 bits per heavy atom. The summed E-state index contributed by atoms with van der Waals surface area (Å²) in [6.45, 7) is 0.375. The molecule has 0 saturated carbocycles. The van der Waals surface area contributed by atoms with E-state index in [9.17, 15) is 13.6 Å². The molecule has 0 aliphatic heterocycles. The van der Waals surface area contributed by atoms with Crippen molar-refractivity contribution in [1.29, 1.82) is 5.26 Å². The maximum Gasteiger partial charge on any atom is 0.261 e. The largest absolute Gasteiger partial charge is 0.351 e. The second-order valence-electron chi connectivity index (χ2n) is 4.83. The lowest BCUT2D eigenvalue weighted by Crippen LogP contribution is -2.26. The number of nitriles is 1. The van der Waals surface area contributed by atoms with E-state index in [0.29, 0.717) is 13.0 Å². The smallest absolute Gasteiger partial charge is 0.261 e. The fourth-order valence-corrected chi connectivity index (χ4v) is 1.98. The molecule has 23 heavy (non-hydrogen) atoms. The van der Waals surface area contributed by atoms with E-state index in [1.165, 1.54) is 12.1 Å². The fourth-order valence-electron chi connectivity index (χ4n) is 1.98. The number of hydrogen-bond acceptors (Lipinski definition) is 2. The van der Waals surface area contributed by atoms with Gasteiger partial charge in [0.1, 0.15) is 11.6 Å². The molecule has 0 aliphatic rings. The highest BCUT2D eigenvalue weighted by Gasteiger charge is 2.09. The van der Waals surface area contributed by atoms with E-state index in [4.69, 9.17) is 5.26 Å². The Labute approximate surface area is 132 Å². The van der Waals surface area contributed by atoms with Crippen molar-refractivity contribution in [3.8, 4) is 6.07 Å². The predicted octanol–water partition coefficient (Wildman–Crippen LogP) is 3.23. The van der Waals surface area contributed by atoms with Crippen LogP contribution in [0.2, 0.25) is 0 Å². The number of amides is 1. The van der Waals surface area contributed by atoms with Gasteiger partial charge in [-0.25, -0.2) is 8.78 Å². The van der Waals surface area contributed by atoms with Gasteiger partial charge >= 0.3 is 0 Å². The highest BCUT2D eigenvalue weighted by atomic mass is 19.2. The molecule has 0 aromatic heterocycles. The molecule has 1 amide bonds. The maximum absolute atomic E-state index is 13.1. The van der Waals surface area contributed by atoms with Crippen molar-refractivity contribution in [3.63, 3.8) is 0 Å². The number of benzene rings is 2. The molecule has 0 aliphatic carbocycles. The highest BCUT2D eigenvalue weighted by molar-refractivity contribution is 6.01. The lowest BCUT2D eigenvalue weighted by molar-refractivity contribution is -0.117.